The molecule has 5 aromatic rings. The summed E-state index contributed by atoms with van der Waals surface area (Å²) in [7, 11) is 4.67. The normalized spacial score (nSPS) is 11.6. The van der Waals surface area contributed by atoms with Crippen LogP contribution in [0, 0.1) is 11.6 Å². The molecule has 0 aliphatic heterocycles. The van der Waals surface area contributed by atoms with Crippen LogP contribution < -0.4 is 14.4 Å². The predicted molar refractivity (Wildman–Crippen MR) is 171 cm³/mol. The molecule has 0 atom stereocenters. The first-order valence-corrected chi connectivity index (χ1v) is 15.6. The van der Waals surface area contributed by atoms with Crippen LogP contribution in [0.1, 0.15) is 31.9 Å². The Morgan fingerprint density at radius 1 is 0.886 bits per heavy atom. The average molecular weight is 639 g/mol. The van der Waals surface area contributed by atoms with Gasteiger partial charge in [-0.1, -0.05) is 36.0 Å². The fourth-order valence-corrected chi connectivity index (χ4v) is 6.28. The Morgan fingerprint density at radius 3 is 2.00 bits per heavy atom. The number of carbonyl (C=O) groups is 1. The number of halogens is 2. The third kappa shape index (κ3) is 6.86. The third-order valence-corrected chi connectivity index (χ3v) is 8.60. The molecule has 3 aromatic carbocycles. The van der Waals surface area contributed by atoms with Crippen molar-refractivity contribution < 1.29 is 27.8 Å². The molecule has 0 bridgehead atoms. The van der Waals surface area contributed by atoms with Crippen molar-refractivity contribution in [2.24, 2.45) is 0 Å². The molecule has 0 spiro atoms. The highest BCUT2D eigenvalue weighted by Crippen LogP contribution is 2.41. The number of carbonyl (C=O) groups excluding carboxylic acids is 1. The van der Waals surface area contributed by atoms with E-state index in [4.69, 9.17) is 24.2 Å². The van der Waals surface area contributed by atoms with Gasteiger partial charge >= 0.3 is 6.09 Å². The Balaban J connectivity index is 1.60. The van der Waals surface area contributed by atoms with Gasteiger partial charge in [0.2, 0.25) is 0 Å². The maximum Gasteiger partial charge on any atom is 0.414 e. The summed E-state index contributed by atoms with van der Waals surface area (Å²) in [4.78, 5) is 26.7. The van der Waals surface area contributed by atoms with E-state index in [-0.39, 0.29) is 16.6 Å². The zero-order valence-corrected chi connectivity index (χ0v) is 26.8. The topological polar surface area (TPSA) is 89.6 Å². The molecule has 5 rings (SSSR count). The molecule has 0 aliphatic rings. The number of aromatic nitrogens is 3. The summed E-state index contributed by atoms with van der Waals surface area (Å²) >= 11 is 2.80. The Morgan fingerprint density at radius 2 is 1.45 bits per heavy atom. The minimum absolute atomic E-state index is 0.0330. The predicted octanol–water partition coefficient (Wildman–Crippen LogP) is 8.36. The van der Waals surface area contributed by atoms with Crippen molar-refractivity contribution in [3.05, 3.63) is 77.4 Å². The third-order valence-electron chi connectivity index (χ3n) is 6.64. The van der Waals surface area contributed by atoms with Gasteiger partial charge in [-0.05, 0) is 56.2 Å². The van der Waals surface area contributed by atoms with Gasteiger partial charge in [0.25, 0.3) is 0 Å². The number of thioether (sulfide) groups is 2. The monoisotopic (exact) mass is 638 g/mol. The minimum atomic E-state index is -1.10. The van der Waals surface area contributed by atoms with Gasteiger partial charge in [0.1, 0.15) is 27.8 Å². The van der Waals surface area contributed by atoms with E-state index in [1.807, 2.05) is 48.5 Å². The second kappa shape index (κ2) is 12.9. The zero-order chi connectivity index (χ0) is 31.6. The lowest BCUT2D eigenvalue weighted by atomic mass is 10.1. The molecule has 12 heteroatoms. The first kappa shape index (κ1) is 31.4. The zero-order valence-electron chi connectivity index (χ0n) is 25.2. The number of nitrogens with one attached hydrogen (secondary N) is 1. The lowest BCUT2D eigenvalue weighted by Gasteiger charge is -2.25. The summed E-state index contributed by atoms with van der Waals surface area (Å²) in [5.74, 6) is 0.416. The summed E-state index contributed by atoms with van der Waals surface area (Å²) in [6, 6.07) is 16.3. The average Bonchev–Trinajstić information content (AvgIpc) is 3.40. The van der Waals surface area contributed by atoms with Crippen LogP contribution in [0.5, 0.6) is 11.5 Å². The van der Waals surface area contributed by atoms with Crippen molar-refractivity contribution in [3.63, 3.8) is 0 Å². The van der Waals surface area contributed by atoms with E-state index in [2.05, 4.69) is 4.98 Å². The van der Waals surface area contributed by atoms with Gasteiger partial charge in [-0.2, -0.15) is 0 Å². The van der Waals surface area contributed by atoms with Crippen LogP contribution in [0.3, 0.4) is 0 Å². The Hall–Kier alpha value is -4.03. The summed E-state index contributed by atoms with van der Waals surface area (Å²) in [5.41, 5.74) is 1.91. The van der Waals surface area contributed by atoms with Crippen molar-refractivity contribution in [2.45, 2.75) is 48.1 Å². The smallest absolute Gasteiger partial charge is 0.414 e. The van der Waals surface area contributed by atoms with E-state index in [1.165, 1.54) is 30.6 Å². The van der Waals surface area contributed by atoms with Crippen LogP contribution in [0.25, 0.3) is 21.9 Å². The van der Waals surface area contributed by atoms with E-state index in [0.29, 0.717) is 32.7 Å². The van der Waals surface area contributed by atoms with E-state index in [0.717, 1.165) is 33.6 Å². The van der Waals surface area contributed by atoms with Gasteiger partial charge in [-0.25, -0.2) is 23.5 Å². The van der Waals surface area contributed by atoms with Gasteiger partial charge in [0.05, 0.1) is 36.2 Å². The van der Waals surface area contributed by atoms with Crippen molar-refractivity contribution in [3.8, 4) is 11.5 Å². The fraction of sp³-hybridized carbons (Fsp3) is 0.281. The second-order valence-electron chi connectivity index (χ2n) is 10.9. The van der Waals surface area contributed by atoms with Gasteiger partial charge in [0, 0.05) is 24.6 Å². The van der Waals surface area contributed by atoms with Crippen LogP contribution >= 0.6 is 23.5 Å². The maximum absolute atomic E-state index is 15.6. The molecule has 230 valence electrons. The number of hydrogen-bond acceptors (Lipinski definition) is 8. The van der Waals surface area contributed by atoms with Gasteiger partial charge in [-0.15, -0.1) is 11.8 Å². The highest BCUT2D eigenvalue weighted by atomic mass is 32.2. The van der Waals surface area contributed by atoms with E-state index in [1.54, 1.807) is 35.0 Å². The van der Waals surface area contributed by atoms with E-state index >= 15 is 8.78 Å². The van der Waals surface area contributed by atoms with Crippen LogP contribution in [0.15, 0.2) is 64.8 Å². The standard InChI is InChI=1S/C32H32F2N4O4S2/c1-32(2,3)42-31(39)38(4)23-15-22(33)26(34)24-25-28(35-27(23)24)36-30(44-17-19-9-13-21(41-6)14-10-19)37-29(25)43-16-18-7-11-20(40-5)12-8-18/h7-15H,16-17H2,1-6H3,(H,35,36,37). The largest absolute Gasteiger partial charge is 0.497 e. The number of nitrogens with zero attached hydrogens (tertiary/aromatic N) is 3. The number of hydrogen-bond donors (Lipinski definition) is 1. The number of ether oxygens (including phenoxy) is 3. The summed E-state index contributed by atoms with van der Waals surface area (Å²) < 4.78 is 46.7. The molecule has 0 aliphatic carbocycles. The number of amides is 1. The number of anilines is 1. The lowest BCUT2D eigenvalue weighted by molar-refractivity contribution is 0.0589. The van der Waals surface area contributed by atoms with Crippen LogP contribution in [0.2, 0.25) is 0 Å². The molecule has 0 saturated heterocycles. The van der Waals surface area contributed by atoms with Crippen LogP contribution in [-0.2, 0) is 16.2 Å². The lowest BCUT2D eigenvalue weighted by Crippen LogP contribution is -2.34. The first-order chi connectivity index (χ1) is 21.0. The molecule has 0 saturated carbocycles. The molecular weight excluding hydrogens is 607 g/mol. The maximum atomic E-state index is 15.6. The Labute approximate surface area is 262 Å². The molecule has 0 fully saturated rings. The summed E-state index contributed by atoms with van der Waals surface area (Å²) in [6.45, 7) is 5.20. The molecule has 8 nitrogen and oxygen atoms in total. The van der Waals surface area contributed by atoms with Crippen molar-refractivity contribution in [1.82, 2.24) is 15.0 Å². The number of benzene rings is 3. The Kier molecular flexibility index (Phi) is 9.21. The van der Waals surface area contributed by atoms with E-state index in [9.17, 15) is 4.79 Å². The molecule has 44 heavy (non-hydrogen) atoms. The first-order valence-electron chi connectivity index (χ1n) is 13.7. The summed E-state index contributed by atoms with van der Waals surface area (Å²) in [6.07, 6.45) is -0.709. The molecule has 1 N–H and O–H groups in total. The van der Waals surface area contributed by atoms with Crippen molar-refractivity contribution in [2.75, 3.05) is 26.2 Å². The molecule has 0 radical (unpaired) electrons. The SMILES string of the molecule is COc1ccc(CSc2nc(SCc3ccc(OC)cc3)c3c(n2)[nH]c2c(N(C)C(=O)OC(C)(C)C)cc(F)c(F)c23)cc1. The van der Waals surface area contributed by atoms with Crippen molar-refractivity contribution >= 4 is 57.2 Å². The number of aromatic amines is 1. The molecular formula is C32H32F2N4O4S2. The van der Waals surface area contributed by atoms with Gasteiger partial charge in [0.15, 0.2) is 16.8 Å². The van der Waals surface area contributed by atoms with Gasteiger partial charge in [-0.3, -0.25) is 4.90 Å². The molecule has 1 amide bonds. The number of fused-ring (bicyclic) bond motifs is 3. The minimum Gasteiger partial charge on any atom is -0.497 e. The molecule has 2 heterocycles. The fourth-order valence-electron chi connectivity index (χ4n) is 4.43. The number of H-pyrrole nitrogens is 1. The highest BCUT2D eigenvalue weighted by Gasteiger charge is 2.27. The number of methoxy groups -OCH3 is 2. The molecule has 0 unspecified atom stereocenters. The van der Waals surface area contributed by atoms with Crippen molar-refractivity contribution in [1.29, 1.82) is 0 Å². The quantitative estimate of drug-likeness (QED) is 0.0979. The second-order valence-corrected chi connectivity index (χ2v) is 12.8. The highest BCUT2D eigenvalue weighted by molar-refractivity contribution is 7.99. The Bertz CT molecular complexity index is 1810. The van der Waals surface area contributed by atoms with Crippen LogP contribution in [0.4, 0.5) is 19.3 Å². The van der Waals surface area contributed by atoms with E-state index < -0.39 is 23.3 Å². The molecule has 2 aromatic heterocycles. The van der Waals surface area contributed by atoms with Gasteiger partial charge < -0.3 is 19.2 Å². The number of rotatable bonds is 9. The summed E-state index contributed by atoms with van der Waals surface area (Å²) in [5, 5.41) is 1.24. The van der Waals surface area contributed by atoms with Crippen LogP contribution in [-0.4, -0.2) is 47.9 Å².